The normalized spacial score (nSPS) is 12.6. The minimum atomic E-state index is -0.446. The van der Waals surface area contributed by atoms with E-state index in [0.717, 1.165) is 60.5 Å². The molecule has 0 atom stereocenters. The molecular formula is C31H36O6. The first-order chi connectivity index (χ1) is 18.3. The molecule has 4 rings (SSSR count). The summed E-state index contributed by atoms with van der Waals surface area (Å²) in [5, 5.41) is 2.20. The van der Waals surface area contributed by atoms with Crippen LogP contribution in [0.25, 0.3) is 10.8 Å². The van der Waals surface area contributed by atoms with Crippen molar-refractivity contribution in [1.29, 1.82) is 0 Å². The Morgan fingerprint density at radius 2 is 1.24 bits per heavy atom. The Morgan fingerprint density at radius 1 is 0.703 bits per heavy atom. The van der Waals surface area contributed by atoms with E-state index >= 15 is 0 Å². The van der Waals surface area contributed by atoms with Gasteiger partial charge in [0.15, 0.2) is 0 Å². The fraction of sp³-hybridized carbons (Fsp3) is 0.387. The van der Waals surface area contributed by atoms with Crippen molar-refractivity contribution in [1.82, 2.24) is 0 Å². The molecule has 0 spiro atoms. The predicted molar refractivity (Wildman–Crippen MR) is 145 cm³/mol. The average molecular weight is 505 g/mol. The van der Waals surface area contributed by atoms with E-state index in [-0.39, 0.29) is 6.61 Å². The molecule has 3 aromatic rings. The Hall–Kier alpha value is -3.35. The lowest BCUT2D eigenvalue weighted by atomic mass is 9.87. The second kappa shape index (κ2) is 14.4. The number of ether oxygens (including phenoxy) is 5. The summed E-state index contributed by atoms with van der Waals surface area (Å²) in [5.74, 6) is 1.53. The summed E-state index contributed by atoms with van der Waals surface area (Å²) < 4.78 is 28.8. The van der Waals surface area contributed by atoms with Crippen molar-refractivity contribution < 1.29 is 28.5 Å². The second-order valence-electron chi connectivity index (χ2n) is 8.90. The van der Waals surface area contributed by atoms with Gasteiger partial charge < -0.3 is 23.7 Å². The first-order valence-corrected chi connectivity index (χ1v) is 13.1. The summed E-state index contributed by atoms with van der Waals surface area (Å²) >= 11 is 0. The number of benzene rings is 3. The highest BCUT2D eigenvalue weighted by molar-refractivity contribution is 5.96. The van der Waals surface area contributed by atoms with E-state index < -0.39 is 5.97 Å². The minimum absolute atomic E-state index is 0.206. The molecule has 1 aliphatic carbocycles. The van der Waals surface area contributed by atoms with Crippen LogP contribution in [0.15, 0.2) is 67.3 Å². The first kappa shape index (κ1) is 26.7. The zero-order valence-corrected chi connectivity index (χ0v) is 21.4. The van der Waals surface area contributed by atoms with Gasteiger partial charge in [-0.25, -0.2) is 4.79 Å². The van der Waals surface area contributed by atoms with Gasteiger partial charge in [-0.3, -0.25) is 0 Å². The molecule has 6 heteroatoms. The molecule has 196 valence electrons. The van der Waals surface area contributed by atoms with Crippen LogP contribution in [0.1, 0.15) is 29.5 Å². The number of carbonyl (C=O) groups excluding carboxylic acids is 1. The van der Waals surface area contributed by atoms with Gasteiger partial charge in [-0.2, -0.15) is 0 Å². The highest BCUT2D eigenvalue weighted by atomic mass is 16.6. The van der Waals surface area contributed by atoms with E-state index in [2.05, 4.69) is 55.1 Å². The highest BCUT2D eigenvalue weighted by Crippen LogP contribution is 2.44. The average Bonchev–Trinajstić information content (AvgIpc) is 2.95. The summed E-state index contributed by atoms with van der Waals surface area (Å²) in [7, 11) is 0. The van der Waals surface area contributed by atoms with Crippen LogP contribution < -0.4 is 9.47 Å². The van der Waals surface area contributed by atoms with Crippen LogP contribution in [0.3, 0.4) is 0 Å². The molecule has 6 nitrogen and oxygen atoms in total. The lowest BCUT2D eigenvalue weighted by molar-refractivity contribution is -0.139. The Kier molecular flexibility index (Phi) is 10.4. The molecule has 0 fully saturated rings. The lowest BCUT2D eigenvalue weighted by Crippen LogP contribution is -2.15. The molecule has 0 N–H and O–H groups in total. The number of hydrogen-bond donors (Lipinski definition) is 0. The van der Waals surface area contributed by atoms with Crippen molar-refractivity contribution in [3.05, 3.63) is 83.9 Å². The Morgan fingerprint density at radius 3 is 1.86 bits per heavy atom. The van der Waals surface area contributed by atoms with Gasteiger partial charge in [0.05, 0.1) is 33.0 Å². The van der Waals surface area contributed by atoms with Crippen LogP contribution in [-0.2, 0) is 38.3 Å². The quantitative estimate of drug-likeness (QED) is 0.155. The molecule has 0 saturated carbocycles. The number of rotatable bonds is 15. The smallest absolute Gasteiger partial charge is 0.330 e. The molecule has 0 saturated heterocycles. The maximum Gasteiger partial charge on any atom is 0.330 e. The van der Waals surface area contributed by atoms with Crippen LogP contribution in [0, 0.1) is 0 Å². The number of carbonyl (C=O) groups is 1. The summed E-state index contributed by atoms with van der Waals surface area (Å²) in [6.45, 7) is 6.34. The summed E-state index contributed by atoms with van der Waals surface area (Å²) in [5.41, 5.74) is 3.85. The number of hydrogen-bond acceptors (Lipinski definition) is 6. The lowest BCUT2D eigenvalue weighted by Gasteiger charge is -2.25. The van der Waals surface area contributed by atoms with Crippen LogP contribution in [0.2, 0.25) is 0 Å². The van der Waals surface area contributed by atoms with Gasteiger partial charge >= 0.3 is 5.97 Å². The van der Waals surface area contributed by atoms with Crippen LogP contribution in [-0.4, -0.2) is 52.2 Å². The highest BCUT2D eigenvalue weighted by Gasteiger charge is 2.23. The van der Waals surface area contributed by atoms with E-state index in [4.69, 9.17) is 23.7 Å². The van der Waals surface area contributed by atoms with E-state index in [9.17, 15) is 4.79 Å². The molecule has 3 aromatic carbocycles. The Bertz CT molecular complexity index is 1160. The molecule has 0 aromatic heterocycles. The number of fused-ring (bicyclic) bond motifs is 2. The maximum absolute atomic E-state index is 11.0. The fourth-order valence-corrected chi connectivity index (χ4v) is 4.64. The van der Waals surface area contributed by atoms with Crippen molar-refractivity contribution in [3.8, 4) is 11.5 Å². The van der Waals surface area contributed by atoms with E-state index in [1.165, 1.54) is 16.7 Å². The van der Waals surface area contributed by atoms with Crippen LogP contribution in [0.5, 0.6) is 11.5 Å². The largest absolute Gasteiger partial charge is 0.492 e. The predicted octanol–water partition coefficient (Wildman–Crippen LogP) is 5.48. The zero-order valence-electron chi connectivity index (χ0n) is 21.4. The third kappa shape index (κ3) is 7.57. The summed E-state index contributed by atoms with van der Waals surface area (Å²) in [6.07, 6.45) is 6.33. The third-order valence-corrected chi connectivity index (χ3v) is 6.40. The van der Waals surface area contributed by atoms with Gasteiger partial charge in [-0.15, -0.1) is 0 Å². The standard InChI is InChI=1S/C31H36O6/c1-2-29(32)35-22-20-33-18-19-34-21-23-37-31-27-14-8-6-12-25(27)30(26-13-7-9-15-28(26)31)36-17-16-24-10-4-3-5-11-24/h2-6,8,10-12,14H,1,7,9,13,15-23H2. The van der Waals surface area contributed by atoms with Gasteiger partial charge in [0.2, 0.25) is 0 Å². The van der Waals surface area contributed by atoms with Crippen LogP contribution in [0.4, 0.5) is 0 Å². The second-order valence-corrected chi connectivity index (χ2v) is 8.90. The first-order valence-electron chi connectivity index (χ1n) is 13.1. The van der Waals surface area contributed by atoms with Gasteiger partial charge in [-0.05, 0) is 31.2 Å². The van der Waals surface area contributed by atoms with Crippen molar-refractivity contribution in [2.24, 2.45) is 0 Å². The van der Waals surface area contributed by atoms with Crippen molar-refractivity contribution in [2.75, 3.05) is 46.2 Å². The van der Waals surface area contributed by atoms with Crippen molar-refractivity contribution in [2.45, 2.75) is 32.1 Å². The number of esters is 1. The molecule has 1 aliphatic rings. The topological polar surface area (TPSA) is 63.2 Å². The van der Waals surface area contributed by atoms with E-state index in [1.807, 2.05) is 6.07 Å². The zero-order chi connectivity index (χ0) is 25.7. The molecule has 0 bridgehead atoms. The molecular weight excluding hydrogens is 468 g/mol. The maximum atomic E-state index is 11.0. The molecule has 0 unspecified atom stereocenters. The Balaban J connectivity index is 1.34. The fourth-order valence-electron chi connectivity index (χ4n) is 4.64. The van der Waals surface area contributed by atoms with E-state index in [0.29, 0.717) is 39.6 Å². The van der Waals surface area contributed by atoms with Crippen molar-refractivity contribution in [3.63, 3.8) is 0 Å². The van der Waals surface area contributed by atoms with Gasteiger partial charge in [0.1, 0.15) is 24.7 Å². The summed E-state index contributed by atoms with van der Waals surface area (Å²) in [4.78, 5) is 11.0. The van der Waals surface area contributed by atoms with Gasteiger partial charge in [0, 0.05) is 34.4 Å². The Labute approximate surface area is 219 Å². The molecule has 0 radical (unpaired) electrons. The van der Waals surface area contributed by atoms with Crippen molar-refractivity contribution >= 4 is 16.7 Å². The van der Waals surface area contributed by atoms with E-state index in [1.54, 1.807) is 0 Å². The molecule has 0 amide bonds. The molecule has 0 heterocycles. The summed E-state index contributed by atoms with van der Waals surface area (Å²) in [6, 6.07) is 18.8. The van der Waals surface area contributed by atoms with Crippen LogP contribution >= 0.6 is 0 Å². The molecule has 0 aliphatic heterocycles. The third-order valence-electron chi connectivity index (χ3n) is 6.40. The van der Waals surface area contributed by atoms with Gasteiger partial charge in [-0.1, -0.05) is 61.2 Å². The van der Waals surface area contributed by atoms with Gasteiger partial charge in [0.25, 0.3) is 0 Å². The SMILES string of the molecule is C=CC(=O)OCCOCCOCCOc1c2c(c(OCCc3ccccc3)c3ccccc13)CCCC2. The minimum Gasteiger partial charge on any atom is -0.492 e. The molecule has 37 heavy (non-hydrogen) atoms. The monoisotopic (exact) mass is 504 g/mol.